The van der Waals surface area contributed by atoms with Crippen molar-refractivity contribution in [3.63, 3.8) is 0 Å². The van der Waals surface area contributed by atoms with E-state index in [0.717, 1.165) is 16.0 Å². The zero-order valence-corrected chi connectivity index (χ0v) is 24.4. The van der Waals surface area contributed by atoms with E-state index in [9.17, 15) is 40.7 Å². The van der Waals surface area contributed by atoms with Crippen LogP contribution >= 0.6 is 0 Å². The largest absolute Gasteiger partial charge is 0.416 e. The Kier molecular flexibility index (Phi) is 9.96. The van der Waals surface area contributed by atoms with Gasteiger partial charge in [0.05, 0.1) is 11.1 Å². The van der Waals surface area contributed by atoms with Crippen LogP contribution in [0, 0.1) is 18.8 Å². The molecular formula is C31H35F6N3O4. The number of halogens is 6. The first-order valence-electron chi connectivity index (χ1n) is 14.4. The molecule has 240 valence electrons. The molecule has 2 heterocycles. The number of alkyl halides is 6. The minimum absolute atomic E-state index is 0.0562. The van der Waals surface area contributed by atoms with Crippen molar-refractivity contribution in [2.45, 2.75) is 51.0 Å². The van der Waals surface area contributed by atoms with Crippen LogP contribution in [0.1, 0.15) is 53.0 Å². The van der Waals surface area contributed by atoms with Gasteiger partial charge in [-0.2, -0.15) is 26.3 Å². The Hall–Kier alpha value is -3.61. The number of likely N-dealkylation sites (tertiary alicyclic amines) is 2. The summed E-state index contributed by atoms with van der Waals surface area (Å²) in [5.41, 5.74) is -1.47. The van der Waals surface area contributed by atoms with Crippen LogP contribution in [-0.4, -0.2) is 77.4 Å². The third kappa shape index (κ3) is 7.54. The van der Waals surface area contributed by atoms with Crippen LogP contribution in [0.2, 0.25) is 0 Å². The minimum atomic E-state index is -5.00. The number of hydrogen-bond acceptors (Lipinski definition) is 4. The highest BCUT2D eigenvalue weighted by atomic mass is 19.4. The lowest BCUT2D eigenvalue weighted by Gasteiger charge is -2.42. The van der Waals surface area contributed by atoms with Gasteiger partial charge in [0.15, 0.2) is 0 Å². The number of hydrogen-bond donors (Lipinski definition) is 1. The van der Waals surface area contributed by atoms with Crippen LogP contribution in [-0.2, 0) is 33.3 Å². The van der Waals surface area contributed by atoms with Gasteiger partial charge >= 0.3 is 12.4 Å². The van der Waals surface area contributed by atoms with E-state index in [-0.39, 0.29) is 43.0 Å². The van der Waals surface area contributed by atoms with Crippen LogP contribution in [0.5, 0.6) is 0 Å². The lowest BCUT2D eigenvalue weighted by atomic mass is 9.77. The number of aliphatic hydroxyl groups is 1. The van der Waals surface area contributed by atoms with E-state index in [2.05, 4.69) is 0 Å². The molecule has 2 saturated heterocycles. The van der Waals surface area contributed by atoms with Gasteiger partial charge in [-0.15, -0.1) is 0 Å². The van der Waals surface area contributed by atoms with Gasteiger partial charge in [0.25, 0.3) is 0 Å². The summed E-state index contributed by atoms with van der Waals surface area (Å²) in [4.78, 5) is 43.5. The molecule has 2 aromatic carbocycles. The number of carbonyl (C=O) groups excluding carboxylic acids is 3. The molecule has 0 aromatic heterocycles. The molecule has 7 nitrogen and oxygen atoms in total. The summed E-state index contributed by atoms with van der Waals surface area (Å²) >= 11 is 0. The van der Waals surface area contributed by atoms with E-state index in [0.29, 0.717) is 38.1 Å². The van der Waals surface area contributed by atoms with Gasteiger partial charge < -0.3 is 19.8 Å². The molecule has 2 aromatic rings. The SMILES string of the molecule is Cc1ccccc1[C@H]1CN(C(=O)C2CCN(C(=O)CO)CC2)CC[C@H]1C(=O)N(C)Cc1cc(C(F)(F)F)cc(C(F)(F)F)c1. The summed E-state index contributed by atoms with van der Waals surface area (Å²) in [5.74, 6) is -2.36. The molecule has 44 heavy (non-hydrogen) atoms. The van der Waals surface area contributed by atoms with Gasteiger partial charge in [-0.3, -0.25) is 14.4 Å². The molecule has 2 fully saturated rings. The molecule has 0 saturated carbocycles. The van der Waals surface area contributed by atoms with Crippen molar-refractivity contribution < 1.29 is 45.8 Å². The zero-order valence-electron chi connectivity index (χ0n) is 24.4. The third-order valence-corrected chi connectivity index (χ3v) is 8.61. The maximum absolute atomic E-state index is 13.8. The Labute approximate surface area is 251 Å². The molecule has 0 aliphatic carbocycles. The lowest BCUT2D eigenvalue weighted by molar-refractivity contribution is -0.145. The zero-order chi connectivity index (χ0) is 32.4. The second kappa shape index (κ2) is 13.2. The van der Waals surface area contributed by atoms with E-state index in [4.69, 9.17) is 5.11 Å². The molecule has 2 aliphatic heterocycles. The Morgan fingerprint density at radius 3 is 2.00 bits per heavy atom. The maximum atomic E-state index is 13.8. The van der Waals surface area contributed by atoms with Gasteiger partial charge in [0, 0.05) is 57.5 Å². The van der Waals surface area contributed by atoms with Gasteiger partial charge in [0.2, 0.25) is 17.7 Å². The van der Waals surface area contributed by atoms with Gasteiger partial charge in [-0.25, -0.2) is 0 Å². The van der Waals surface area contributed by atoms with Crippen LogP contribution < -0.4 is 0 Å². The van der Waals surface area contributed by atoms with Crippen molar-refractivity contribution in [3.05, 3.63) is 70.3 Å². The summed E-state index contributed by atoms with van der Waals surface area (Å²) in [5, 5.41) is 9.12. The quantitative estimate of drug-likeness (QED) is 0.465. The standard InChI is InChI=1S/C31H35F6N3O4/c1-19-5-3-4-6-24(19)26-17-40(28(43)21-7-10-39(11-8-21)27(42)18-41)12-9-25(26)29(44)38(2)16-20-13-22(30(32,33)34)15-23(14-20)31(35,36)37/h3-6,13-15,21,25-26,41H,7-12,16-18H2,1-2H3/t25-,26-/m1/s1. The number of piperidine rings is 2. The van der Waals surface area contributed by atoms with Crippen LogP contribution in [0.3, 0.4) is 0 Å². The topological polar surface area (TPSA) is 81.2 Å². The van der Waals surface area contributed by atoms with Crippen LogP contribution in [0.25, 0.3) is 0 Å². The first-order chi connectivity index (χ1) is 20.6. The molecule has 2 atom stereocenters. The monoisotopic (exact) mass is 627 g/mol. The van der Waals surface area contributed by atoms with Crippen molar-refractivity contribution in [1.82, 2.24) is 14.7 Å². The van der Waals surface area contributed by atoms with E-state index >= 15 is 0 Å². The van der Waals surface area contributed by atoms with Crippen LogP contribution in [0.15, 0.2) is 42.5 Å². The highest BCUT2D eigenvalue weighted by molar-refractivity contribution is 5.83. The summed E-state index contributed by atoms with van der Waals surface area (Å²) in [6.45, 7) is 1.98. The molecule has 4 rings (SSSR count). The van der Waals surface area contributed by atoms with Crippen molar-refractivity contribution in [1.29, 1.82) is 0 Å². The van der Waals surface area contributed by atoms with E-state index in [1.807, 2.05) is 31.2 Å². The molecule has 0 bridgehead atoms. The number of nitrogens with zero attached hydrogens (tertiary/aromatic N) is 3. The van der Waals surface area contributed by atoms with Crippen molar-refractivity contribution in [2.75, 3.05) is 39.8 Å². The average Bonchev–Trinajstić information content (AvgIpc) is 2.99. The maximum Gasteiger partial charge on any atom is 0.416 e. The first kappa shape index (κ1) is 33.3. The van der Waals surface area contributed by atoms with Crippen molar-refractivity contribution in [2.24, 2.45) is 11.8 Å². The molecule has 3 amide bonds. The molecule has 13 heteroatoms. The third-order valence-electron chi connectivity index (χ3n) is 8.61. The molecular weight excluding hydrogens is 592 g/mol. The number of carbonyl (C=O) groups is 3. The molecule has 0 radical (unpaired) electrons. The second-order valence-electron chi connectivity index (χ2n) is 11.6. The number of amides is 3. The lowest BCUT2D eigenvalue weighted by Crippen LogP contribution is -2.51. The van der Waals surface area contributed by atoms with Crippen LogP contribution in [0.4, 0.5) is 26.3 Å². The normalized spacial score (nSPS) is 20.0. The fourth-order valence-electron chi connectivity index (χ4n) is 6.25. The predicted octanol–water partition coefficient (Wildman–Crippen LogP) is 4.85. The number of benzene rings is 2. The minimum Gasteiger partial charge on any atom is -0.387 e. The average molecular weight is 628 g/mol. The Balaban J connectivity index is 1.54. The fourth-order valence-corrected chi connectivity index (χ4v) is 6.25. The Bertz CT molecular complexity index is 1340. The highest BCUT2D eigenvalue weighted by Gasteiger charge is 2.41. The number of rotatable bonds is 6. The first-order valence-corrected chi connectivity index (χ1v) is 14.4. The predicted molar refractivity (Wildman–Crippen MR) is 148 cm³/mol. The molecule has 2 aliphatic rings. The highest BCUT2D eigenvalue weighted by Crippen LogP contribution is 2.39. The van der Waals surface area contributed by atoms with E-state index in [1.165, 1.54) is 11.9 Å². The summed E-state index contributed by atoms with van der Waals surface area (Å²) in [6, 6.07) is 8.67. The summed E-state index contributed by atoms with van der Waals surface area (Å²) < 4.78 is 80.4. The molecule has 0 spiro atoms. The number of aryl methyl sites for hydroxylation is 1. The molecule has 1 N–H and O–H groups in total. The smallest absolute Gasteiger partial charge is 0.387 e. The van der Waals surface area contributed by atoms with Crippen molar-refractivity contribution in [3.8, 4) is 0 Å². The van der Waals surface area contributed by atoms with Gasteiger partial charge in [-0.1, -0.05) is 24.3 Å². The van der Waals surface area contributed by atoms with E-state index in [1.54, 1.807) is 4.90 Å². The number of aliphatic hydroxyl groups excluding tert-OH is 1. The molecule has 0 unspecified atom stereocenters. The second-order valence-corrected chi connectivity index (χ2v) is 11.6. The summed E-state index contributed by atoms with van der Waals surface area (Å²) in [7, 11) is 1.35. The summed E-state index contributed by atoms with van der Waals surface area (Å²) in [6.07, 6.45) is -8.86. The van der Waals surface area contributed by atoms with Gasteiger partial charge in [-0.05, 0) is 61.1 Å². The van der Waals surface area contributed by atoms with Gasteiger partial charge in [0.1, 0.15) is 6.61 Å². The van der Waals surface area contributed by atoms with Crippen molar-refractivity contribution >= 4 is 17.7 Å². The Morgan fingerprint density at radius 2 is 1.45 bits per heavy atom. The Morgan fingerprint density at radius 1 is 0.886 bits per heavy atom. The fraction of sp³-hybridized carbons (Fsp3) is 0.516. The van der Waals surface area contributed by atoms with E-state index < -0.39 is 60.3 Å².